The molecule has 2 rings (SSSR count). The minimum absolute atomic E-state index is 0.217. The molecular weight excluding hydrogens is 218 g/mol. The summed E-state index contributed by atoms with van der Waals surface area (Å²) < 4.78 is 0. The van der Waals surface area contributed by atoms with Crippen LogP contribution in [0.4, 0.5) is 0 Å². The molecule has 1 N–H and O–H groups in total. The summed E-state index contributed by atoms with van der Waals surface area (Å²) in [6.45, 7) is 6.48. The lowest BCUT2D eigenvalue weighted by molar-refractivity contribution is 0.262. The SMILES string of the molecule is C#CC(NC1CC(c2ccc(C)cc2)C1)C(C)C. The summed E-state index contributed by atoms with van der Waals surface area (Å²) in [6, 6.07) is 9.74. The van der Waals surface area contributed by atoms with Crippen LogP contribution in [0, 0.1) is 25.2 Å². The van der Waals surface area contributed by atoms with Crippen LogP contribution < -0.4 is 5.32 Å². The molecule has 0 radical (unpaired) electrons. The summed E-state index contributed by atoms with van der Waals surface area (Å²) >= 11 is 0. The molecular formula is C17H23N. The van der Waals surface area contributed by atoms with E-state index in [-0.39, 0.29) is 6.04 Å². The average Bonchev–Trinajstić information content (AvgIpc) is 2.29. The Balaban J connectivity index is 1.84. The van der Waals surface area contributed by atoms with Crippen molar-refractivity contribution in [2.24, 2.45) is 5.92 Å². The van der Waals surface area contributed by atoms with Crippen LogP contribution in [-0.4, -0.2) is 12.1 Å². The molecule has 1 aromatic rings. The number of nitrogens with one attached hydrogen (secondary N) is 1. The van der Waals surface area contributed by atoms with Crippen molar-refractivity contribution < 1.29 is 0 Å². The van der Waals surface area contributed by atoms with Crippen LogP contribution >= 0.6 is 0 Å². The largest absolute Gasteiger partial charge is 0.301 e. The van der Waals surface area contributed by atoms with Crippen molar-refractivity contribution in [3.05, 3.63) is 35.4 Å². The molecule has 1 unspecified atom stereocenters. The van der Waals surface area contributed by atoms with E-state index >= 15 is 0 Å². The van der Waals surface area contributed by atoms with Gasteiger partial charge in [0.1, 0.15) is 0 Å². The standard InChI is InChI=1S/C17H23N/c1-5-17(12(2)3)18-16-10-15(11-16)14-8-6-13(4)7-9-14/h1,6-9,12,15-18H,10-11H2,2-4H3. The number of hydrogen-bond donors (Lipinski definition) is 1. The lowest BCUT2D eigenvalue weighted by atomic mass is 9.75. The molecule has 0 aliphatic heterocycles. The summed E-state index contributed by atoms with van der Waals surface area (Å²) in [5, 5.41) is 3.58. The van der Waals surface area contributed by atoms with Gasteiger partial charge in [0.05, 0.1) is 6.04 Å². The maximum atomic E-state index is 5.55. The van der Waals surface area contributed by atoms with Crippen LogP contribution in [0.3, 0.4) is 0 Å². The highest BCUT2D eigenvalue weighted by Crippen LogP contribution is 2.37. The van der Waals surface area contributed by atoms with E-state index < -0.39 is 0 Å². The number of benzene rings is 1. The molecule has 1 aliphatic carbocycles. The fourth-order valence-corrected chi connectivity index (χ4v) is 2.55. The number of hydrogen-bond acceptors (Lipinski definition) is 1. The predicted molar refractivity (Wildman–Crippen MR) is 77.5 cm³/mol. The number of terminal acetylenes is 1. The third kappa shape index (κ3) is 2.94. The number of aryl methyl sites for hydroxylation is 1. The van der Waals surface area contributed by atoms with Crippen LogP contribution in [0.2, 0.25) is 0 Å². The van der Waals surface area contributed by atoms with E-state index in [0.29, 0.717) is 17.9 Å². The second kappa shape index (κ2) is 5.59. The Morgan fingerprint density at radius 3 is 2.33 bits per heavy atom. The molecule has 0 heterocycles. The highest BCUT2D eigenvalue weighted by Gasteiger charge is 2.31. The van der Waals surface area contributed by atoms with Crippen LogP contribution in [0.25, 0.3) is 0 Å². The minimum Gasteiger partial charge on any atom is -0.301 e. The molecule has 1 heteroatoms. The zero-order valence-electron chi connectivity index (χ0n) is 11.6. The lowest BCUT2D eigenvalue weighted by Gasteiger charge is -2.38. The van der Waals surface area contributed by atoms with Gasteiger partial charge >= 0.3 is 0 Å². The molecule has 0 spiro atoms. The van der Waals surface area contributed by atoms with Gasteiger partial charge in [-0.05, 0) is 37.2 Å². The molecule has 1 aliphatic rings. The lowest BCUT2D eigenvalue weighted by Crippen LogP contribution is -2.46. The Bertz CT molecular complexity index is 418. The van der Waals surface area contributed by atoms with E-state index in [9.17, 15) is 0 Å². The van der Waals surface area contributed by atoms with Gasteiger partial charge in [-0.25, -0.2) is 0 Å². The topological polar surface area (TPSA) is 12.0 Å². The summed E-state index contributed by atoms with van der Waals surface area (Å²) in [7, 11) is 0. The van der Waals surface area contributed by atoms with Gasteiger partial charge in [-0.15, -0.1) is 6.42 Å². The minimum atomic E-state index is 0.217. The molecule has 0 saturated heterocycles. The first-order chi connectivity index (χ1) is 8.60. The maximum Gasteiger partial charge on any atom is 0.0712 e. The average molecular weight is 241 g/mol. The van der Waals surface area contributed by atoms with Gasteiger partial charge in [0.2, 0.25) is 0 Å². The zero-order valence-corrected chi connectivity index (χ0v) is 11.6. The molecule has 96 valence electrons. The summed E-state index contributed by atoms with van der Waals surface area (Å²) in [5.41, 5.74) is 2.81. The Kier molecular flexibility index (Phi) is 4.09. The van der Waals surface area contributed by atoms with E-state index in [2.05, 4.69) is 56.3 Å². The first-order valence-electron chi connectivity index (χ1n) is 6.89. The number of rotatable bonds is 4. The molecule has 0 amide bonds. The second-order valence-corrected chi connectivity index (χ2v) is 5.83. The van der Waals surface area contributed by atoms with Crippen LogP contribution in [0.5, 0.6) is 0 Å². The molecule has 0 bridgehead atoms. The second-order valence-electron chi connectivity index (χ2n) is 5.83. The Hall–Kier alpha value is -1.26. The van der Waals surface area contributed by atoms with E-state index in [1.54, 1.807) is 0 Å². The van der Waals surface area contributed by atoms with Gasteiger partial charge < -0.3 is 5.32 Å². The Labute approximate surface area is 111 Å². The molecule has 1 fully saturated rings. The molecule has 18 heavy (non-hydrogen) atoms. The smallest absolute Gasteiger partial charge is 0.0712 e. The summed E-state index contributed by atoms with van der Waals surface area (Å²) in [4.78, 5) is 0. The van der Waals surface area contributed by atoms with Crippen LogP contribution in [-0.2, 0) is 0 Å². The van der Waals surface area contributed by atoms with E-state index in [1.807, 2.05) is 0 Å². The van der Waals surface area contributed by atoms with Crippen molar-refractivity contribution in [2.45, 2.75) is 51.6 Å². The van der Waals surface area contributed by atoms with Crippen molar-refractivity contribution in [3.8, 4) is 12.3 Å². The molecule has 1 nitrogen and oxygen atoms in total. The quantitative estimate of drug-likeness (QED) is 0.796. The Morgan fingerprint density at radius 1 is 1.22 bits per heavy atom. The molecule has 0 aromatic heterocycles. The third-order valence-corrected chi connectivity index (χ3v) is 3.95. The van der Waals surface area contributed by atoms with Gasteiger partial charge in [-0.2, -0.15) is 0 Å². The van der Waals surface area contributed by atoms with E-state index in [0.717, 1.165) is 0 Å². The highest BCUT2D eigenvalue weighted by molar-refractivity contribution is 5.27. The van der Waals surface area contributed by atoms with Gasteiger partial charge in [-0.3, -0.25) is 0 Å². The summed E-state index contributed by atoms with van der Waals surface area (Å²) in [6.07, 6.45) is 7.98. The van der Waals surface area contributed by atoms with Crippen LogP contribution in [0.1, 0.15) is 43.7 Å². The van der Waals surface area contributed by atoms with E-state index in [1.165, 1.54) is 24.0 Å². The predicted octanol–water partition coefficient (Wildman–Crippen LogP) is 3.49. The van der Waals surface area contributed by atoms with Gasteiger partial charge in [0, 0.05) is 6.04 Å². The van der Waals surface area contributed by atoms with Crippen molar-refractivity contribution in [1.82, 2.24) is 5.32 Å². The van der Waals surface area contributed by atoms with Crippen molar-refractivity contribution in [3.63, 3.8) is 0 Å². The van der Waals surface area contributed by atoms with Gasteiger partial charge in [-0.1, -0.05) is 49.6 Å². The first kappa shape index (κ1) is 13.2. The highest BCUT2D eigenvalue weighted by atomic mass is 15.0. The fourth-order valence-electron chi connectivity index (χ4n) is 2.55. The maximum absolute atomic E-state index is 5.55. The first-order valence-corrected chi connectivity index (χ1v) is 6.89. The normalized spacial score (nSPS) is 24.4. The Morgan fingerprint density at radius 2 is 1.83 bits per heavy atom. The zero-order chi connectivity index (χ0) is 13.1. The van der Waals surface area contributed by atoms with Gasteiger partial charge in [0.25, 0.3) is 0 Å². The van der Waals surface area contributed by atoms with Crippen molar-refractivity contribution in [1.29, 1.82) is 0 Å². The molecule has 1 aromatic carbocycles. The van der Waals surface area contributed by atoms with Crippen molar-refractivity contribution in [2.75, 3.05) is 0 Å². The molecule has 1 saturated carbocycles. The molecule has 1 atom stereocenters. The third-order valence-electron chi connectivity index (χ3n) is 3.95. The van der Waals surface area contributed by atoms with E-state index in [4.69, 9.17) is 6.42 Å². The van der Waals surface area contributed by atoms with Crippen molar-refractivity contribution >= 4 is 0 Å². The fraction of sp³-hybridized carbons (Fsp3) is 0.529. The van der Waals surface area contributed by atoms with Crippen LogP contribution in [0.15, 0.2) is 24.3 Å². The van der Waals surface area contributed by atoms with Gasteiger partial charge in [0.15, 0.2) is 0 Å². The monoisotopic (exact) mass is 241 g/mol. The summed E-state index contributed by atoms with van der Waals surface area (Å²) in [5.74, 6) is 4.08.